The second-order valence-electron chi connectivity index (χ2n) is 7.35. The molecule has 2 aromatic carbocycles. The summed E-state index contributed by atoms with van der Waals surface area (Å²) in [5, 5.41) is 2.61. The third kappa shape index (κ3) is 4.49. The number of oxazole rings is 1. The van der Waals surface area contributed by atoms with Crippen molar-refractivity contribution in [2.45, 2.75) is 37.8 Å². The van der Waals surface area contributed by atoms with Gasteiger partial charge in [-0.1, -0.05) is 18.2 Å². The average molecular weight is 403 g/mol. The molecule has 1 amide bonds. The molecule has 0 aliphatic carbocycles. The van der Waals surface area contributed by atoms with Gasteiger partial charge in [0.15, 0.2) is 5.58 Å². The van der Waals surface area contributed by atoms with Crippen LogP contribution >= 0.6 is 0 Å². The third-order valence-electron chi connectivity index (χ3n) is 3.74. The van der Waals surface area contributed by atoms with Gasteiger partial charge in [-0.2, -0.15) is 0 Å². The molecule has 8 nitrogen and oxygen atoms in total. The summed E-state index contributed by atoms with van der Waals surface area (Å²) in [6.07, 6.45) is 0. The highest BCUT2D eigenvalue weighted by Crippen LogP contribution is 2.18. The van der Waals surface area contributed by atoms with Crippen LogP contribution in [0.15, 0.2) is 62.6 Å². The van der Waals surface area contributed by atoms with E-state index in [2.05, 4.69) is 10.0 Å². The molecule has 2 N–H and O–H groups in total. The Bertz CT molecular complexity index is 1190. The third-order valence-corrected chi connectivity index (χ3v) is 5.50. The van der Waals surface area contributed by atoms with Gasteiger partial charge in [0.05, 0.1) is 10.4 Å². The number of benzene rings is 2. The lowest BCUT2D eigenvalue weighted by atomic mass is 10.1. The lowest BCUT2D eigenvalue weighted by molar-refractivity contribution is -0.116. The summed E-state index contributed by atoms with van der Waals surface area (Å²) < 4.78 is 33.8. The molecule has 148 valence electrons. The summed E-state index contributed by atoms with van der Waals surface area (Å²) in [6, 6.07) is 12.7. The van der Waals surface area contributed by atoms with Gasteiger partial charge in [-0.25, -0.2) is 17.9 Å². The van der Waals surface area contributed by atoms with E-state index in [1.165, 1.54) is 22.8 Å². The predicted octanol–water partition coefficient (Wildman–Crippen LogP) is 2.31. The van der Waals surface area contributed by atoms with E-state index in [0.29, 0.717) is 16.8 Å². The fourth-order valence-electron chi connectivity index (χ4n) is 2.71. The highest BCUT2D eigenvalue weighted by Gasteiger charge is 2.22. The van der Waals surface area contributed by atoms with Crippen LogP contribution in [0.5, 0.6) is 0 Å². The molecule has 0 atom stereocenters. The normalized spacial score (nSPS) is 12.2. The number of fused-ring (bicyclic) bond motifs is 1. The Morgan fingerprint density at radius 2 is 1.82 bits per heavy atom. The number of nitrogens with zero attached hydrogens (tertiary/aromatic N) is 1. The maximum absolute atomic E-state index is 12.5. The topological polar surface area (TPSA) is 110 Å². The van der Waals surface area contributed by atoms with Crippen molar-refractivity contribution >= 4 is 32.7 Å². The molecule has 0 saturated carbocycles. The molecule has 0 aliphatic rings. The number of amides is 1. The molecule has 1 aromatic heterocycles. The zero-order chi connectivity index (χ0) is 20.5. The van der Waals surface area contributed by atoms with Crippen LogP contribution < -0.4 is 15.8 Å². The first-order valence-corrected chi connectivity index (χ1v) is 10.1. The summed E-state index contributed by atoms with van der Waals surface area (Å²) >= 11 is 0. The molecule has 3 rings (SSSR count). The van der Waals surface area contributed by atoms with Crippen LogP contribution in [0.3, 0.4) is 0 Å². The molecule has 0 radical (unpaired) electrons. The standard InChI is InChI=1S/C19H21N3O5S/c1-19(2,3)21-28(25,26)14-8-6-7-13(11-14)20-17(23)12-22-15-9-4-5-10-16(15)27-18(22)24/h4-11,21H,12H2,1-3H3,(H,20,23). The molecular weight excluding hydrogens is 382 g/mol. The minimum atomic E-state index is -3.73. The van der Waals surface area contributed by atoms with Gasteiger partial charge in [-0.15, -0.1) is 0 Å². The van der Waals surface area contributed by atoms with Crippen LogP contribution in [-0.4, -0.2) is 24.4 Å². The molecular formula is C19H21N3O5S. The molecule has 0 aliphatic heterocycles. The molecule has 0 saturated heterocycles. The number of nitrogens with one attached hydrogen (secondary N) is 2. The zero-order valence-electron chi connectivity index (χ0n) is 15.7. The van der Waals surface area contributed by atoms with Gasteiger partial charge in [-0.3, -0.25) is 9.36 Å². The quantitative estimate of drug-likeness (QED) is 0.679. The van der Waals surface area contributed by atoms with E-state index in [0.717, 1.165) is 0 Å². The number of hydrogen-bond donors (Lipinski definition) is 2. The van der Waals surface area contributed by atoms with Crippen molar-refractivity contribution in [3.05, 3.63) is 59.1 Å². The van der Waals surface area contributed by atoms with Crippen molar-refractivity contribution < 1.29 is 17.6 Å². The van der Waals surface area contributed by atoms with Gasteiger partial charge in [0.25, 0.3) is 0 Å². The van der Waals surface area contributed by atoms with Gasteiger partial charge in [0.2, 0.25) is 15.9 Å². The largest absolute Gasteiger partial charge is 0.420 e. The molecule has 0 bridgehead atoms. The number of hydrogen-bond acceptors (Lipinski definition) is 5. The van der Waals surface area contributed by atoms with Gasteiger partial charge in [-0.05, 0) is 51.1 Å². The van der Waals surface area contributed by atoms with Crippen LogP contribution in [0.4, 0.5) is 5.69 Å². The second-order valence-corrected chi connectivity index (χ2v) is 9.04. The Labute approximate surface area is 162 Å². The Kier molecular flexibility index (Phi) is 5.14. The van der Waals surface area contributed by atoms with Crippen molar-refractivity contribution in [1.82, 2.24) is 9.29 Å². The van der Waals surface area contributed by atoms with E-state index in [4.69, 9.17) is 4.42 Å². The summed E-state index contributed by atoms with van der Waals surface area (Å²) in [5.74, 6) is -1.12. The first-order chi connectivity index (χ1) is 13.0. The van der Waals surface area contributed by atoms with E-state index >= 15 is 0 Å². The summed E-state index contributed by atoms with van der Waals surface area (Å²) in [7, 11) is -3.73. The lowest BCUT2D eigenvalue weighted by Crippen LogP contribution is -2.40. The molecule has 3 aromatic rings. The summed E-state index contributed by atoms with van der Waals surface area (Å²) in [6.45, 7) is 4.96. The van der Waals surface area contributed by atoms with Gasteiger partial charge < -0.3 is 9.73 Å². The van der Waals surface area contributed by atoms with Crippen LogP contribution in [0.2, 0.25) is 0 Å². The van der Waals surface area contributed by atoms with Gasteiger partial charge in [0.1, 0.15) is 6.54 Å². The Morgan fingerprint density at radius 3 is 2.54 bits per heavy atom. The first-order valence-electron chi connectivity index (χ1n) is 8.57. The minimum absolute atomic E-state index is 0.0335. The first kappa shape index (κ1) is 19.8. The van der Waals surface area contributed by atoms with Gasteiger partial charge in [0, 0.05) is 11.2 Å². The molecule has 0 spiro atoms. The van der Waals surface area contributed by atoms with E-state index in [1.54, 1.807) is 51.1 Å². The van der Waals surface area contributed by atoms with Crippen LogP contribution in [0.25, 0.3) is 11.1 Å². The van der Waals surface area contributed by atoms with Crippen LogP contribution in [0.1, 0.15) is 20.8 Å². The van der Waals surface area contributed by atoms with Crippen LogP contribution in [0, 0.1) is 0 Å². The van der Waals surface area contributed by atoms with E-state index < -0.39 is 27.2 Å². The van der Waals surface area contributed by atoms with Crippen molar-refractivity contribution in [2.75, 3.05) is 5.32 Å². The van der Waals surface area contributed by atoms with E-state index in [-0.39, 0.29) is 11.4 Å². The molecule has 0 unspecified atom stereocenters. The zero-order valence-corrected chi connectivity index (χ0v) is 16.5. The fourth-order valence-corrected chi connectivity index (χ4v) is 4.17. The monoisotopic (exact) mass is 403 g/mol. The van der Waals surface area contributed by atoms with Crippen LogP contribution in [-0.2, 0) is 21.4 Å². The van der Waals surface area contributed by atoms with Crippen molar-refractivity contribution in [3.63, 3.8) is 0 Å². The maximum Gasteiger partial charge on any atom is 0.420 e. The number of rotatable bonds is 5. The Balaban J connectivity index is 1.80. The highest BCUT2D eigenvalue weighted by atomic mass is 32.2. The Morgan fingerprint density at radius 1 is 1.11 bits per heavy atom. The number of sulfonamides is 1. The SMILES string of the molecule is CC(C)(C)NS(=O)(=O)c1cccc(NC(=O)Cn2c(=O)oc3ccccc32)c1. The average Bonchev–Trinajstić information content (AvgIpc) is 2.89. The van der Waals surface area contributed by atoms with E-state index in [1.807, 2.05) is 0 Å². The second kappa shape index (κ2) is 7.25. The molecule has 28 heavy (non-hydrogen) atoms. The van der Waals surface area contributed by atoms with Crippen molar-refractivity contribution in [1.29, 1.82) is 0 Å². The number of carbonyl (C=O) groups is 1. The Hall–Kier alpha value is -2.91. The predicted molar refractivity (Wildman–Crippen MR) is 106 cm³/mol. The highest BCUT2D eigenvalue weighted by molar-refractivity contribution is 7.89. The summed E-state index contributed by atoms with van der Waals surface area (Å²) in [4.78, 5) is 24.4. The number of carbonyl (C=O) groups excluding carboxylic acids is 1. The maximum atomic E-state index is 12.5. The fraction of sp³-hybridized carbons (Fsp3) is 0.263. The molecule has 0 fully saturated rings. The van der Waals surface area contributed by atoms with Gasteiger partial charge >= 0.3 is 5.76 Å². The van der Waals surface area contributed by atoms with E-state index in [9.17, 15) is 18.0 Å². The summed E-state index contributed by atoms with van der Waals surface area (Å²) in [5.41, 5.74) is 0.569. The number of anilines is 1. The van der Waals surface area contributed by atoms with Crippen molar-refractivity contribution in [2.24, 2.45) is 0 Å². The minimum Gasteiger partial charge on any atom is -0.408 e. The van der Waals surface area contributed by atoms with Crippen molar-refractivity contribution in [3.8, 4) is 0 Å². The lowest BCUT2D eigenvalue weighted by Gasteiger charge is -2.20. The molecule has 1 heterocycles. The number of para-hydroxylation sites is 2. The smallest absolute Gasteiger partial charge is 0.408 e. The molecule has 9 heteroatoms. The number of aromatic nitrogens is 1.